The minimum Gasteiger partial charge on any atom is -0.479 e. The molecule has 188 valence electrons. The SMILES string of the molecule is Cc1c(-c2cc(O[C@H](CO)c3ccc(F)cn3)c3c(C#N)c(N)nn3c2)nnn1C1CCN(C#N)CC1. The van der Waals surface area contributed by atoms with Gasteiger partial charge in [-0.1, -0.05) is 5.21 Å². The lowest BCUT2D eigenvalue weighted by atomic mass is 10.0. The van der Waals surface area contributed by atoms with Crippen molar-refractivity contribution in [1.29, 1.82) is 10.5 Å². The number of aliphatic hydroxyl groups excluding tert-OH is 1. The van der Waals surface area contributed by atoms with Gasteiger partial charge in [-0.05, 0) is 38.0 Å². The van der Waals surface area contributed by atoms with E-state index in [9.17, 15) is 14.8 Å². The number of pyridine rings is 2. The first-order chi connectivity index (χ1) is 17.9. The number of nitriles is 2. The lowest BCUT2D eigenvalue weighted by Gasteiger charge is -2.28. The number of hydrogen-bond acceptors (Lipinski definition) is 10. The molecule has 0 spiro atoms. The maximum absolute atomic E-state index is 13.4. The highest BCUT2D eigenvalue weighted by Crippen LogP contribution is 2.35. The van der Waals surface area contributed by atoms with Gasteiger partial charge in [0.2, 0.25) is 0 Å². The number of hydrogen-bond donors (Lipinski definition) is 2. The van der Waals surface area contributed by atoms with E-state index in [1.54, 1.807) is 17.2 Å². The van der Waals surface area contributed by atoms with Crippen LogP contribution in [0.5, 0.6) is 5.75 Å². The molecule has 0 amide bonds. The van der Waals surface area contributed by atoms with E-state index in [0.29, 0.717) is 35.6 Å². The van der Waals surface area contributed by atoms with Gasteiger partial charge in [0, 0.05) is 24.8 Å². The number of fused-ring (bicyclic) bond motifs is 1. The smallest absolute Gasteiger partial charge is 0.179 e. The van der Waals surface area contributed by atoms with Crippen molar-refractivity contribution in [2.24, 2.45) is 0 Å². The zero-order valence-electron chi connectivity index (χ0n) is 19.9. The molecule has 0 aliphatic carbocycles. The molecular weight excluding hydrogens is 479 g/mol. The van der Waals surface area contributed by atoms with Gasteiger partial charge < -0.3 is 20.5 Å². The highest BCUT2D eigenvalue weighted by Gasteiger charge is 2.26. The first kappa shape index (κ1) is 24.0. The molecule has 0 radical (unpaired) electrons. The van der Waals surface area contributed by atoms with Crippen LogP contribution in [-0.4, -0.2) is 59.3 Å². The summed E-state index contributed by atoms with van der Waals surface area (Å²) in [5.74, 6) is -0.272. The summed E-state index contributed by atoms with van der Waals surface area (Å²) in [6.45, 7) is 2.78. The summed E-state index contributed by atoms with van der Waals surface area (Å²) in [5.41, 5.74) is 8.76. The van der Waals surface area contributed by atoms with Crippen LogP contribution in [0.2, 0.25) is 0 Å². The van der Waals surface area contributed by atoms with E-state index in [1.807, 2.05) is 17.7 Å². The van der Waals surface area contributed by atoms with Gasteiger partial charge in [-0.3, -0.25) is 4.98 Å². The molecule has 0 aromatic carbocycles. The average Bonchev–Trinajstić information content (AvgIpc) is 3.46. The van der Waals surface area contributed by atoms with Crippen LogP contribution < -0.4 is 10.5 Å². The molecule has 37 heavy (non-hydrogen) atoms. The highest BCUT2D eigenvalue weighted by molar-refractivity contribution is 5.79. The summed E-state index contributed by atoms with van der Waals surface area (Å²) in [6, 6.07) is 6.48. The third-order valence-corrected chi connectivity index (χ3v) is 6.50. The second-order valence-electron chi connectivity index (χ2n) is 8.73. The van der Waals surface area contributed by atoms with E-state index in [2.05, 4.69) is 26.6 Å². The zero-order valence-corrected chi connectivity index (χ0v) is 19.9. The van der Waals surface area contributed by atoms with Gasteiger partial charge >= 0.3 is 0 Å². The quantitative estimate of drug-likeness (QED) is 0.373. The second kappa shape index (κ2) is 9.72. The van der Waals surface area contributed by atoms with E-state index >= 15 is 0 Å². The van der Waals surface area contributed by atoms with Crippen LogP contribution in [0, 0.1) is 35.5 Å². The highest BCUT2D eigenvalue weighted by atomic mass is 19.1. The molecule has 1 atom stereocenters. The molecule has 3 N–H and O–H groups in total. The fourth-order valence-corrected chi connectivity index (χ4v) is 4.58. The number of likely N-dealkylation sites (tertiary alicyclic amines) is 1. The molecule has 13 heteroatoms. The monoisotopic (exact) mass is 502 g/mol. The number of rotatable bonds is 6. The Bertz CT molecular complexity index is 1520. The summed E-state index contributed by atoms with van der Waals surface area (Å²) >= 11 is 0. The predicted octanol–water partition coefficient (Wildman–Crippen LogP) is 2.12. The van der Waals surface area contributed by atoms with Gasteiger partial charge in [-0.2, -0.15) is 10.5 Å². The Morgan fingerprint density at radius 3 is 2.73 bits per heavy atom. The molecular formula is C24H23FN10O2. The molecule has 4 aromatic rings. The number of ether oxygens (including phenoxy) is 1. The Morgan fingerprint density at radius 2 is 2.08 bits per heavy atom. The van der Waals surface area contributed by atoms with Crippen molar-refractivity contribution in [2.75, 3.05) is 25.4 Å². The Morgan fingerprint density at radius 1 is 1.30 bits per heavy atom. The van der Waals surface area contributed by atoms with Crippen LogP contribution >= 0.6 is 0 Å². The number of halogens is 1. The summed E-state index contributed by atoms with van der Waals surface area (Å²) in [7, 11) is 0. The third kappa shape index (κ3) is 4.37. The summed E-state index contributed by atoms with van der Waals surface area (Å²) in [5, 5.41) is 41.9. The van der Waals surface area contributed by atoms with Gasteiger partial charge in [-0.15, -0.1) is 10.2 Å². The lowest BCUT2D eigenvalue weighted by Crippen LogP contribution is -2.31. The Labute approximate surface area is 210 Å². The van der Waals surface area contributed by atoms with Crippen LogP contribution in [0.4, 0.5) is 10.2 Å². The van der Waals surface area contributed by atoms with Crippen LogP contribution in [0.1, 0.15) is 41.9 Å². The van der Waals surface area contributed by atoms with Crippen molar-refractivity contribution >= 4 is 11.3 Å². The van der Waals surface area contributed by atoms with Crippen LogP contribution in [0.3, 0.4) is 0 Å². The van der Waals surface area contributed by atoms with Crippen molar-refractivity contribution in [1.82, 2.24) is 34.5 Å². The summed E-state index contributed by atoms with van der Waals surface area (Å²) in [6.07, 6.45) is 5.51. The summed E-state index contributed by atoms with van der Waals surface area (Å²) in [4.78, 5) is 5.74. The lowest BCUT2D eigenvalue weighted by molar-refractivity contribution is 0.114. The predicted molar refractivity (Wildman–Crippen MR) is 128 cm³/mol. The Kier molecular flexibility index (Phi) is 6.29. The fraction of sp³-hybridized carbons (Fsp3) is 0.333. The Hall–Kier alpha value is -4.75. The largest absolute Gasteiger partial charge is 0.479 e. The molecule has 0 saturated carbocycles. The van der Waals surface area contributed by atoms with Gasteiger partial charge in [0.25, 0.3) is 0 Å². The second-order valence-corrected chi connectivity index (χ2v) is 8.73. The molecule has 1 aliphatic rings. The zero-order chi connectivity index (χ0) is 26.1. The van der Waals surface area contributed by atoms with Crippen LogP contribution in [-0.2, 0) is 0 Å². The van der Waals surface area contributed by atoms with Gasteiger partial charge in [-0.25, -0.2) is 13.6 Å². The number of nitrogen functional groups attached to an aromatic ring is 1. The molecule has 0 unspecified atom stereocenters. The van der Waals surface area contributed by atoms with E-state index in [1.165, 1.54) is 16.6 Å². The molecule has 1 fully saturated rings. The Balaban J connectivity index is 1.56. The first-order valence-corrected chi connectivity index (χ1v) is 11.6. The standard InChI is InChI=1S/C24H23FN10O2/c1-14-22(30-32-35(14)17-4-6-33(13-27)7-5-17)15-8-20(23-18(9-26)24(28)31-34(23)11-15)37-21(12-36)19-3-2-16(25)10-29-19/h2-3,8,10-11,17,21,36H,4-7,12H2,1H3,(H2,28,31)/t21-/m1/s1. The van der Waals surface area contributed by atoms with Crippen LogP contribution in [0.25, 0.3) is 16.8 Å². The van der Waals surface area contributed by atoms with Crippen molar-refractivity contribution in [3.05, 3.63) is 53.4 Å². The van der Waals surface area contributed by atoms with Gasteiger partial charge in [0.15, 0.2) is 18.1 Å². The maximum atomic E-state index is 13.4. The van der Waals surface area contributed by atoms with Crippen molar-refractivity contribution in [3.8, 4) is 29.3 Å². The number of anilines is 1. The molecule has 5 rings (SSSR count). The summed E-state index contributed by atoms with van der Waals surface area (Å²) < 4.78 is 22.8. The number of aliphatic hydroxyl groups is 1. The number of nitrogens with zero attached hydrogens (tertiary/aromatic N) is 9. The molecule has 12 nitrogen and oxygen atoms in total. The maximum Gasteiger partial charge on any atom is 0.179 e. The molecule has 1 saturated heterocycles. The average molecular weight is 503 g/mol. The first-order valence-electron chi connectivity index (χ1n) is 11.6. The van der Waals surface area contributed by atoms with Gasteiger partial charge in [0.05, 0.1) is 30.2 Å². The molecule has 1 aliphatic heterocycles. The minimum atomic E-state index is -0.940. The van der Waals surface area contributed by atoms with Crippen molar-refractivity contribution < 1.29 is 14.2 Å². The van der Waals surface area contributed by atoms with Crippen molar-refractivity contribution in [3.63, 3.8) is 0 Å². The molecule has 0 bridgehead atoms. The van der Waals surface area contributed by atoms with E-state index < -0.39 is 18.5 Å². The van der Waals surface area contributed by atoms with E-state index in [4.69, 9.17) is 15.7 Å². The third-order valence-electron chi connectivity index (χ3n) is 6.50. The normalized spacial score (nSPS) is 14.9. The van der Waals surface area contributed by atoms with E-state index in [-0.39, 0.29) is 23.2 Å². The number of piperidine rings is 1. The van der Waals surface area contributed by atoms with Crippen LogP contribution in [0.15, 0.2) is 30.6 Å². The number of nitrogens with two attached hydrogens (primary N) is 1. The molecule has 4 aromatic heterocycles. The molecule has 5 heterocycles. The van der Waals surface area contributed by atoms with Crippen molar-refractivity contribution in [2.45, 2.75) is 31.9 Å². The number of aromatic nitrogens is 6. The topological polar surface area (TPSA) is 167 Å². The minimum absolute atomic E-state index is 0.0228. The fourth-order valence-electron chi connectivity index (χ4n) is 4.58. The van der Waals surface area contributed by atoms with Gasteiger partial charge in [0.1, 0.15) is 34.4 Å². The van der Waals surface area contributed by atoms with E-state index in [0.717, 1.165) is 24.7 Å².